The molecular formula is C19H22N2O4. The smallest absolute Gasteiger partial charge is 0.341 e. The van der Waals surface area contributed by atoms with Gasteiger partial charge in [0.1, 0.15) is 11.3 Å². The van der Waals surface area contributed by atoms with Gasteiger partial charge in [-0.25, -0.2) is 4.79 Å². The van der Waals surface area contributed by atoms with Crippen LogP contribution >= 0.6 is 0 Å². The van der Waals surface area contributed by atoms with Crippen molar-refractivity contribution in [3.05, 3.63) is 63.6 Å². The Balaban J connectivity index is 1.81. The Hall–Kier alpha value is -2.60. The molecule has 2 heterocycles. The van der Waals surface area contributed by atoms with Crippen LogP contribution in [0.3, 0.4) is 0 Å². The molecular weight excluding hydrogens is 320 g/mol. The Labute approximate surface area is 146 Å². The maximum atomic E-state index is 12.6. The number of carboxylic acid groups (broad SMARTS) is 1. The fraction of sp³-hybridized carbons (Fsp3) is 0.368. The molecule has 2 N–H and O–H groups in total. The van der Waals surface area contributed by atoms with E-state index < -0.39 is 11.5 Å². The number of piperidine rings is 1. The quantitative estimate of drug-likeness (QED) is 0.891. The molecule has 132 valence electrons. The summed E-state index contributed by atoms with van der Waals surface area (Å²) in [4.78, 5) is 26.2. The van der Waals surface area contributed by atoms with Crippen LogP contribution in [-0.2, 0) is 6.54 Å². The first-order valence-corrected chi connectivity index (χ1v) is 8.41. The fourth-order valence-corrected chi connectivity index (χ4v) is 3.50. The highest BCUT2D eigenvalue weighted by molar-refractivity contribution is 5.88. The van der Waals surface area contributed by atoms with Crippen LogP contribution in [0.1, 0.15) is 40.4 Å². The van der Waals surface area contributed by atoms with Gasteiger partial charge in [0.2, 0.25) is 0 Å². The largest absolute Gasteiger partial charge is 0.508 e. The molecule has 0 amide bonds. The number of hydrogen-bond acceptors (Lipinski definition) is 4. The first-order chi connectivity index (χ1) is 12.0. The number of aromatic nitrogens is 1. The van der Waals surface area contributed by atoms with Crippen LogP contribution in [-0.4, -0.2) is 38.7 Å². The molecule has 1 aromatic heterocycles. The van der Waals surface area contributed by atoms with Crippen molar-refractivity contribution in [1.29, 1.82) is 0 Å². The summed E-state index contributed by atoms with van der Waals surface area (Å²) in [7, 11) is 0. The summed E-state index contributed by atoms with van der Waals surface area (Å²) in [5.41, 5.74) is 0.925. The molecule has 0 radical (unpaired) electrons. The van der Waals surface area contributed by atoms with Crippen LogP contribution in [0.2, 0.25) is 0 Å². The maximum absolute atomic E-state index is 12.6. The van der Waals surface area contributed by atoms with E-state index in [4.69, 9.17) is 0 Å². The normalized spacial score (nSPS) is 18.2. The Morgan fingerprint density at radius 3 is 2.84 bits per heavy atom. The van der Waals surface area contributed by atoms with E-state index in [0.29, 0.717) is 18.7 Å². The number of carboxylic acids is 1. The van der Waals surface area contributed by atoms with Crippen LogP contribution in [0.5, 0.6) is 5.75 Å². The number of rotatable bonds is 4. The Morgan fingerprint density at radius 2 is 2.12 bits per heavy atom. The standard InChI is InChI=1S/C19H22N2O4/c1-13-7-9-21(18(23)17(13)19(24)25)15-5-3-8-20(12-15)11-14-4-2-6-16(22)10-14/h2,4,6-7,9-10,15,22H,3,5,8,11-12H2,1H3,(H,24,25). The summed E-state index contributed by atoms with van der Waals surface area (Å²) >= 11 is 0. The van der Waals surface area contributed by atoms with Crippen molar-refractivity contribution >= 4 is 5.97 Å². The predicted molar refractivity (Wildman–Crippen MR) is 94.1 cm³/mol. The Kier molecular flexibility index (Phi) is 4.90. The lowest BCUT2D eigenvalue weighted by Crippen LogP contribution is -2.40. The SMILES string of the molecule is Cc1ccn(C2CCCN(Cc3cccc(O)c3)C2)c(=O)c1C(=O)O. The average molecular weight is 342 g/mol. The highest BCUT2D eigenvalue weighted by Gasteiger charge is 2.24. The minimum absolute atomic E-state index is 0.0442. The second kappa shape index (κ2) is 7.11. The number of phenols is 1. The van der Waals surface area contributed by atoms with E-state index in [2.05, 4.69) is 4.90 Å². The lowest BCUT2D eigenvalue weighted by molar-refractivity contribution is 0.0692. The second-order valence-electron chi connectivity index (χ2n) is 6.59. The number of aryl methyl sites for hydroxylation is 1. The van der Waals surface area contributed by atoms with Gasteiger partial charge in [-0.05, 0) is 55.6 Å². The molecule has 1 aromatic carbocycles. The minimum Gasteiger partial charge on any atom is -0.508 e. The van der Waals surface area contributed by atoms with Gasteiger partial charge in [-0.1, -0.05) is 12.1 Å². The summed E-state index contributed by atoms with van der Waals surface area (Å²) in [5.74, 6) is -0.934. The number of benzene rings is 1. The lowest BCUT2D eigenvalue weighted by Gasteiger charge is -2.34. The molecule has 6 nitrogen and oxygen atoms in total. The van der Waals surface area contributed by atoms with Crippen LogP contribution < -0.4 is 5.56 Å². The van der Waals surface area contributed by atoms with Gasteiger partial charge in [-0.3, -0.25) is 9.69 Å². The van der Waals surface area contributed by atoms with Gasteiger partial charge in [0, 0.05) is 25.3 Å². The zero-order valence-corrected chi connectivity index (χ0v) is 14.2. The van der Waals surface area contributed by atoms with E-state index in [1.807, 2.05) is 12.1 Å². The Morgan fingerprint density at radius 1 is 1.32 bits per heavy atom. The number of likely N-dealkylation sites (tertiary alicyclic amines) is 1. The molecule has 25 heavy (non-hydrogen) atoms. The molecule has 1 unspecified atom stereocenters. The van der Waals surface area contributed by atoms with Crippen molar-refractivity contribution in [2.75, 3.05) is 13.1 Å². The zero-order valence-electron chi connectivity index (χ0n) is 14.2. The number of carbonyl (C=O) groups is 1. The van der Waals surface area contributed by atoms with Crippen molar-refractivity contribution in [1.82, 2.24) is 9.47 Å². The molecule has 2 aromatic rings. The van der Waals surface area contributed by atoms with Crippen molar-refractivity contribution in [3.63, 3.8) is 0 Å². The summed E-state index contributed by atoms with van der Waals surface area (Å²) < 4.78 is 1.56. The van der Waals surface area contributed by atoms with E-state index in [-0.39, 0.29) is 17.4 Å². The molecule has 1 saturated heterocycles. The van der Waals surface area contributed by atoms with Crippen molar-refractivity contribution in [2.45, 2.75) is 32.4 Å². The van der Waals surface area contributed by atoms with Crippen LogP contribution in [0.4, 0.5) is 0 Å². The van der Waals surface area contributed by atoms with Gasteiger partial charge in [-0.15, -0.1) is 0 Å². The molecule has 0 bridgehead atoms. The van der Waals surface area contributed by atoms with Crippen LogP contribution in [0, 0.1) is 6.92 Å². The molecule has 6 heteroatoms. The third kappa shape index (κ3) is 3.74. The number of aromatic hydroxyl groups is 1. The minimum atomic E-state index is -1.18. The number of hydrogen-bond donors (Lipinski definition) is 2. The van der Waals surface area contributed by atoms with Gasteiger partial charge in [-0.2, -0.15) is 0 Å². The highest BCUT2D eigenvalue weighted by Crippen LogP contribution is 2.23. The first kappa shape index (κ1) is 17.2. The third-order valence-corrected chi connectivity index (χ3v) is 4.73. The molecule has 1 fully saturated rings. The topological polar surface area (TPSA) is 82.8 Å². The summed E-state index contributed by atoms with van der Waals surface area (Å²) in [6.45, 7) is 3.93. The molecule has 1 aliphatic rings. The summed E-state index contributed by atoms with van der Waals surface area (Å²) in [6.07, 6.45) is 3.48. The Bertz CT molecular complexity index is 844. The lowest BCUT2D eigenvalue weighted by atomic mass is 10.0. The predicted octanol–water partition coefficient (Wildman–Crippen LogP) is 2.40. The van der Waals surface area contributed by atoms with Crippen molar-refractivity contribution in [2.24, 2.45) is 0 Å². The molecule has 0 saturated carbocycles. The molecule has 3 rings (SSSR count). The molecule has 1 atom stereocenters. The number of phenolic OH excluding ortho intramolecular Hbond substituents is 1. The molecule has 0 aliphatic carbocycles. The van der Waals surface area contributed by atoms with E-state index in [1.54, 1.807) is 35.9 Å². The van der Waals surface area contributed by atoms with Gasteiger partial charge in [0.05, 0.1) is 0 Å². The van der Waals surface area contributed by atoms with Crippen molar-refractivity contribution < 1.29 is 15.0 Å². The van der Waals surface area contributed by atoms with Gasteiger partial charge in [0.25, 0.3) is 5.56 Å². The number of aromatic carboxylic acids is 1. The van der Waals surface area contributed by atoms with Crippen molar-refractivity contribution in [3.8, 4) is 5.75 Å². The molecule has 0 spiro atoms. The molecule has 1 aliphatic heterocycles. The first-order valence-electron chi connectivity index (χ1n) is 8.41. The van der Waals surface area contributed by atoms with Gasteiger partial charge < -0.3 is 14.8 Å². The van der Waals surface area contributed by atoms with Crippen LogP contribution in [0.25, 0.3) is 0 Å². The van der Waals surface area contributed by atoms with E-state index in [1.165, 1.54) is 0 Å². The second-order valence-corrected chi connectivity index (χ2v) is 6.59. The number of nitrogens with zero attached hydrogens (tertiary/aromatic N) is 2. The summed E-state index contributed by atoms with van der Waals surface area (Å²) in [5, 5.41) is 18.9. The fourth-order valence-electron chi connectivity index (χ4n) is 3.50. The summed E-state index contributed by atoms with van der Waals surface area (Å²) in [6, 6.07) is 8.81. The third-order valence-electron chi connectivity index (χ3n) is 4.73. The maximum Gasteiger partial charge on any atom is 0.341 e. The van der Waals surface area contributed by atoms with E-state index >= 15 is 0 Å². The van der Waals surface area contributed by atoms with E-state index in [9.17, 15) is 19.8 Å². The number of pyridine rings is 1. The zero-order chi connectivity index (χ0) is 18.0. The monoisotopic (exact) mass is 342 g/mol. The highest BCUT2D eigenvalue weighted by atomic mass is 16.4. The van der Waals surface area contributed by atoms with Gasteiger partial charge >= 0.3 is 5.97 Å². The average Bonchev–Trinajstić information content (AvgIpc) is 2.55. The van der Waals surface area contributed by atoms with Gasteiger partial charge in [0.15, 0.2) is 0 Å². The van der Waals surface area contributed by atoms with E-state index in [0.717, 1.165) is 24.9 Å². The van der Waals surface area contributed by atoms with Crippen LogP contribution in [0.15, 0.2) is 41.3 Å².